The van der Waals surface area contributed by atoms with Crippen LogP contribution in [0.25, 0.3) is 0 Å². The van der Waals surface area contributed by atoms with Gasteiger partial charge in [0.1, 0.15) is 0 Å². The van der Waals surface area contributed by atoms with Gasteiger partial charge in [-0.3, -0.25) is 9.80 Å². The SMILES string of the molecule is CC(C)N1CCOC(CN2CCCCC2CCl)C1. The molecule has 2 atom stereocenters. The second-order valence-corrected chi connectivity index (χ2v) is 6.19. The van der Waals surface area contributed by atoms with Gasteiger partial charge in [0, 0.05) is 37.6 Å². The number of hydrogen-bond acceptors (Lipinski definition) is 3. The van der Waals surface area contributed by atoms with E-state index in [1.807, 2.05) is 0 Å². The summed E-state index contributed by atoms with van der Waals surface area (Å²) in [4.78, 5) is 5.07. The van der Waals surface area contributed by atoms with Crippen molar-refractivity contribution in [1.29, 1.82) is 0 Å². The summed E-state index contributed by atoms with van der Waals surface area (Å²) in [6.07, 6.45) is 4.26. The van der Waals surface area contributed by atoms with Gasteiger partial charge in [-0.2, -0.15) is 0 Å². The second-order valence-electron chi connectivity index (χ2n) is 5.88. The average Bonchev–Trinajstić information content (AvgIpc) is 2.39. The molecule has 2 fully saturated rings. The maximum Gasteiger partial charge on any atom is 0.0829 e. The normalized spacial score (nSPS) is 32.0. The Balaban J connectivity index is 1.84. The topological polar surface area (TPSA) is 15.7 Å². The predicted octanol–water partition coefficient (Wildman–Crippen LogP) is 2.19. The van der Waals surface area contributed by atoms with Gasteiger partial charge in [0.2, 0.25) is 0 Å². The summed E-state index contributed by atoms with van der Waals surface area (Å²) in [7, 11) is 0. The van der Waals surface area contributed by atoms with Gasteiger partial charge < -0.3 is 4.74 Å². The fourth-order valence-electron chi connectivity index (χ4n) is 3.06. The highest BCUT2D eigenvalue weighted by atomic mass is 35.5. The van der Waals surface area contributed by atoms with E-state index in [1.54, 1.807) is 0 Å². The lowest BCUT2D eigenvalue weighted by Gasteiger charge is -2.41. The van der Waals surface area contributed by atoms with Crippen LogP contribution in [-0.2, 0) is 4.74 Å². The van der Waals surface area contributed by atoms with Crippen LogP contribution in [-0.4, -0.2) is 66.7 Å². The van der Waals surface area contributed by atoms with Crippen LogP contribution >= 0.6 is 11.6 Å². The first kappa shape index (κ1) is 14.6. The molecule has 106 valence electrons. The zero-order chi connectivity index (χ0) is 13.0. The molecule has 2 rings (SSSR count). The number of piperidine rings is 1. The maximum atomic E-state index is 6.08. The molecule has 2 aliphatic rings. The Morgan fingerprint density at radius 1 is 1.28 bits per heavy atom. The van der Waals surface area contributed by atoms with E-state index in [4.69, 9.17) is 16.3 Å². The molecule has 2 heterocycles. The van der Waals surface area contributed by atoms with E-state index >= 15 is 0 Å². The molecule has 0 N–H and O–H groups in total. The Labute approximate surface area is 116 Å². The minimum absolute atomic E-state index is 0.366. The molecule has 18 heavy (non-hydrogen) atoms. The van der Waals surface area contributed by atoms with E-state index < -0.39 is 0 Å². The molecule has 0 aromatic carbocycles. The first-order valence-electron chi connectivity index (χ1n) is 7.36. The average molecular weight is 275 g/mol. The molecule has 0 amide bonds. The number of hydrogen-bond donors (Lipinski definition) is 0. The van der Waals surface area contributed by atoms with Crippen molar-refractivity contribution in [3.63, 3.8) is 0 Å². The van der Waals surface area contributed by atoms with Gasteiger partial charge in [0.05, 0.1) is 12.7 Å². The quantitative estimate of drug-likeness (QED) is 0.731. The van der Waals surface area contributed by atoms with Gasteiger partial charge in [-0.15, -0.1) is 11.6 Å². The van der Waals surface area contributed by atoms with Crippen LogP contribution in [0.1, 0.15) is 33.1 Å². The fourth-order valence-corrected chi connectivity index (χ4v) is 3.41. The number of ether oxygens (including phenoxy) is 1. The molecule has 0 aliphatic carbocycles. The third kappa shape index (κ3) is 3.83. The lowest BCUT2D eigenvalue weighted by Crippen LogP contribution is -2.52. The van der Waals surface area contributed by atoms with E-state index in [-0.39, 0.29) is 0 Å². The third-order valence-electron chi connectivity index (χ3n) is 4.27. The van der Waals surface area contributed by atoms with Crippen molar-refractivity contribution in [2.75, 3.05) is 38.7 Å². The fraction of sp³-hybridized carbons (Fsp3) is 1.00. The van der Waals surface area contributed by atoms with Crippen molar-refractivity contribution >= 4 is 11.6 Å². The number of morpholine rings is 1. The van der Waals surface area contributed by atoms with Crippen molar-refractivity contribution in [3.05, 3.63) is 0 Å². The van der Waals surface area contributed by atoms with Gasteiger partial charge >= 0.3 is 0 Å². The summed E-state index contributed by atoms with van der Waals surface area (Å²) < 4.78 is 5.93. The van der Waals surface area contributed by atoms with Crippen molar-refractivity contribution < 1.29 is 4.74 Å². The predicted molar refractivity (Wildman–Crippen MR) is 76.4 cm³/mol. The number of likely N-dealkylation sites (tertiary alicyclic amines) is 1. The summed E-state index contributed by atoms with van der Waals surface area (Å²) in [5.74, 6) is 0.764. The Hall–Kier alpha value is 0.170. The molecule has 4 heteroatoms. The molecule has 2 saturated heterocycles. The van der Waals surface area contributed by atoms with Crippen LogP contribution in [0.3, 0.4) is 0 Å². The van der Waals surface area contributed by atoms with Crippen molar-refractivity contribution in [2.24, 2.45) is 0 Å². The van der Waals surface area contributed by atoms with Gasteiger partial charge in [0.25, 0.3) is 0 Å². The molecular formula is C14H27ClN2O. The molecular weight excluding hydrogens is 248 g/mol. The number of halogens is 1. The molecule has 0 aromatic heterocycles. The van der Waals surface area contributed by atoms with Crippen LogP contribution in [0.2, 0.25) is 0 Å². The minimum Gasteiger partial charge on any atom is -0.374 e. The van der Waals surface area contributed by atoms with Crippen LogP contribution < -0.4 is 0 Å². The molecule has 0 saturated carbocycles. The summed E-state index contributed by atoms with van der Waals surface area (Å²) in [6.45, 7) is 9.81. The Bertz CT molecular complexity index is 250. The maximum absolute atomic E-state index is 6.08. The van der Waals surface area contributed by atoms with Gasteiger partial charge in [0.15, 0.2) is 0 Å². The lowest BCUT2D eigenvalue weighted by atomic mass is 10.0. The summed E-state index contributed by atoms with van der Waals surface area (Å²) >= 11 is 6.08. The van der Waals surface area contributed by atoms with E-state index in [1.165, 1.54) is 25.8 Å². The van der Waals surface area contributed by atoms with Crippen LogP contribution in [0.5, 0.6) is 0 Å². The van der Waals surface area contributed by atoms with Crippen molar-refractivity contribution in [2.45, 2.75) is 51.3 Å². The van der Waals surface area contributed by atoms with E-state index in [0.29, 0.717) is 18.2 Å². The van der Waals surface area contributed by atoms with Crippen molar-refractivity contribution in [1.82, 2.24) is 9.80 Å². The Kier molecular flexibility index (Phi) is 5.74. The molecule has 0 bridgehead atoms. The molecule has 0 aromatic rings. The summed E-state index contributed by atoms with van der Waals surface area (Å²) in [5.41, 5.74) is 0. The Morgan fingerprint density at radius 3 is 2.83 bits per heavy atom. The third-order valence-corrected chi connectivity index (χ3v) is 4.62. The highest BCUT2D eigenvalue weighted by Gasteiger charge is 2.28. The number of nitrogens with zero attached hydrogens (tertiary/aromatic N) is 2. The highest BCUT2D eigenvalue weighted by Crippen LogP contribution is 2.20. The van der Waals surface area contributed by atoms with Crippen LogP contribution in [0.4, 0.5) is 0 Å². The van der Waals surface area contributed by atoms with E-state index in [2.05, 4.69) is 23.6 Å². The molecule has 0 radical (unpaired) electrons. The standard InChI is InChI=1S/C14H27ClN2O/c1-12(2)16-7-8-18-14(10-16)11-17-6-4-3-5-13(17)9-15/h12-14H,3-11H2,1-2H3. The van der Waals surface area contributed by atoms with Gasteiger partial charge in [-0.25, -0.2) is 0 Å². The second kappa shape index (κ2) is 7.09. The lowest BCUT2D eigenvalue weighted by molar-refractivity contribution is -0.0586. The van der Waals surface area contributed by atoms with Gasteiger partial charge in [-0.05, 0) is 33.2 Å². The largest absolute Gasteiger partial charge is 0.374 e. The molecule has 0 spiro atoms. The molecule has 3 nitrogen and oxygen atoms in total. The van der Waals surface area contributed by atoms with Crippen LogP contribution in [0, 0.1) is 0 Å². The first-order chi connectivity index (χ1) is 8.70. The van der Waals surface area contributed by atoms with Gasteiger partial charge in [-0.1, -0.05) is 6.42 Å². The number of rotatable bonds is 4. The van der Waals surface area contributed by atoms with E-state index in [9.17, 15) is 0 Å². The van der Waals surface area contributed by atoms with E-state index in [0.717, 1.165) is 32.1 Å². The van der Waals surface area contributed by atoms with Crippen LogP contribution in [0.15, 0.2) is 0 Å². The highest BCUT2D eigenvalue weighted by molar-refractivity contribution is 6.18. The zero-order valence-corrected chi connectivity index (χ0v) is 12.5. The first-order valence-corrected chi connectivity index (χ1v) is 7.90. The zero-order valence-electron chi connectivity index (χ0n) is 11.8. The molecule has 2 unspecified atom stereocenters. The smallest absolute Gasteiger partial charge is 0.0829 e. The monoisotopic (exact) mass is 274 g/mol. The van der Waals surface area contributed by atoms with Crippen molar-refractivity contribution in [3.8, 4) is 0 Å². The summed E-state index contributed by atoms with van der Waals surface area (Å²) in [6, 6.07) is 1.19. The summed E-state index contributed by atoms with van der Waals surface area (Å²) in [5, 5.41) is 0. The minimum atomic E-state index is 0.366. The molecule has 2 aliphatic heterocycles. The Morgan fingerprint density at radius 2 is 2.11 bits per heavy atom. The number of alkyl halides is 1.